The van der Waals surface area contributed by atoms with Crippen molar-refractivity contribution < 1.29 is 13.2 Å². The van der Waals surface area contributed by atoms with Gasteiger partial charge in [0, 0.05) is 19.0 Å². The maximum atomic E-state index is 11.9. The van der Waals surface area contributed by atoms with Gasteiger partial charge in [-0.15, -0.1) is 0 Å². The molecule has 0 amide bonds. The monoisotopic (exact) mass is 247 g/mol. The van der Waals surface area contributed by atoms with Crippen molar-refractivity contribution in [2.24, 2.45) is 5.92 Å². The molecule has 0 aromatic rings. The molecule has 2 saturated heterocycles. The zero-order chi connectivity index (χ0) is 11.8. The maximum absolute atomic E-state index is 11.9. The highest BCUT2D eigenvalue weighted by atomic mass is 32.2. The van der Waals surface area contributed by atoms with E-state index in [2.05, 4.69) is 6.92 Å². The molecule has 0 aromatic carbocycles. The number of hydrogen-bond donors (Lipinski definition) is 0. The fourth-order valence-electron chi connectivity index (χ4n) is 2.80. The molecule has 0 unspecified atom stereocenters. The van der Waals surface area contributed by atoms with E-state index < -0.39 is 10.0 Å². The summed E-state index contributed by atoms with van der Waals surface area (Å²) in [5.41, 5.74) is 0. The van der Waals surface area contributed by atoms with Gasteiger partial charge in [-0.2, -0.15) is 0 Å². The summed E-state index contributed by atoms with van der Waals surface area (Å²) >= 11 is 0. The quantitative estimate of drug-likeness (QED) is 0.753. The van der Waals surface area contributed by atoms with Crippen molar-refractivity contribution in [2.75, 3.05) is 18.8 Å². The van der Waals surface area contributed by atoms with Crippen molar-refractivity contribution in [1.29, 1.82) is 0 Å². The number of nitrogens with zero attached hydrogens (tertiary/aromatic N) is 1. The minimum Gasteiger partial charge on any atom is -0.375 e. The molecule has 0 aromatic heterocycles. The molecular formula is C11H21NO3S. The van der Waals surface area contributed by atoms with Crippen LogP contribution in [-0.4, -0.2) is 43.8 Å². The van der Waals surface area contributed by atoms with Crippen molar-refractivity contribution >= 4 is 10.0 Å². The van der Waals surface area contributed by atoms with Gasteiger partial charge in [-0.1, -0.05) is 6.92 Å². The normalized spacial score (nSPS) is 36.2. The van der Waals surface area contributed by atoms with Gasteiger partial charge in [0.2, 0.25) is 10.0 Å². The topological polar surface area (TPSA) is 46.6 Å². The molecule has 0 spiro atoms. The third kappa shape index (κ3) is 2.41. The van der Waals surface area contributed by atoms with Crippen molar-refractivity contribution in [3.8, 4) is 0 Å². The summed E-state index contributed by atoms with van der Waals surface area (Å²) in [5, 5.41) is 0. The summed E-state index contributed by atoms with van der Waals surface area (Å²) in [4.78, 5) is 0. The highest BCUT2D eigenvalue weighted by Gasteiger charge is 2.40. The Hall–Kier alpha value is -0.130. The van der Waals surface area contributed by atoms with Gasteiger partial charge in [-0.05, 0) is 26.2 Å². The van der Waals surface area contributed by atoms with E-state index in [-0.39, 0.29) is 5.75 Å². The fraction of sp³-hybridized carbons (Fsp3) is 1.00. The molecule has 2 aliphatic heterocycles. The van der Waals surface area contributed by atoms with Crippen LogP contribution < -0.4 is 0 Å². The lowest BCUT2D eigenvalue weighted by Crippen LogP contribution is -2.45. The first-order valence-electron chi connectivity index (χ1n) is 6.16. The zero-order valence-corrected chi connectivity index (χ0v) is 10.9. The number of piperidine rings is 1. The van der Waals surface area contributed by atoms with Crippen LogP contribution in [0.25, 0.3) is 0 Å². The lowest BCUT2D eigenvalue weighted by Gasteiger charge is -2.33. The predicted molar refractivity (Wildman–Crippen MR) is 62.7 cm³/mol. The second-order valence-corrected chi connectivity index (χ2v) is 7.03. The third-order valence-electron chi connectivity index (χ3n) is 3.52. The number of fused-ring (bicyclic) bond motifs is 1. The van der Waals surface area contributed by atoms with Gasteiger partial charge in [0.05, 0.1) is 18.0 Å². The van der Waals surface area contributed by atoms with Crippen LogP contribution in [0.4, 0.5) is 0 Å². The van der Waals surface area contributed by atoms with Crippen molar-refractivity contribution in [3.63, 3.8) is 0 Å². The van der Waals surface area contributed by atoms with Crippen LogP contribution in [0, 0.1) is 5.92 Å². The Morgan fingerprint density at radius 3 is 2.88 bits per heavy atom. The summed E-state index contributed by atoms with van der Waals surface area (Å²) in [7, 11) is -3.01. The highest BCUT2D eigenvalue weighted by Crippen LogP contribution is 2.33. The SMILES string of the molecule is CCCS(=O)(=O)N1CC[C@H]2O[C@@H](C)C[C@H]2C1. The van der Waals surface area contributed by atoms with E-state index in [0.29, 0.717) is 37.6 Å². The zero-order valence-electron chi connectivity index (χ0n) is 10.1. The Balaban J connectivity index is 2.01. The molecule has 0 N–H and O–H groups in total. The molecule has 4 nitrogen and oxygen atoms in total. The van der Waals surface area contributed by atoms with Crippen LogP contribution in [0.1, 0.15) is 33.1 Å². The van der Waals surface area contributed by atoms with Gasteiger partial charge in [-0.3, -0.25) is 0 Å². The van der Waals surface area contributed by atoms with Gasteiger partial charge in [-0.25, -0.2) is 12.7 Å². The molecular weight excluding hydrogens is 226 g/mol. The molecule has 0 radical (unpaired) electrons. The molecule has 3 atom stereocenters. The molecule has 0 saturated carbocycles. The average Bonchev–Trinajstić information content (AvgIpc) is 2.56. The summed E-state index contributed by atoms with van der Waals surface area (Å²) in [6, 6.07) is 0. The summed E-state index contributed by atoms with van der Waals surface area (Å²) in [6.07, 6.45) is 3.15. The van der Waals surface area contributed by atoms with Crippen molar-refractivity contribution in [2.45, 2.75) is 45.3 Å². The van der Waals surface area contributed by atoms with E-state index in [1.165, 1.54) is 0 Å². The van der Waals surface area contributed by atoms with E-state index in [1.807, 2.05) is 6.92 Å². The van der Waals surface area contributed by atoms with Gasteiger partial charge in [0.1, 0.15) is 0 Å². The molecule has 2 aliphatic rings. The van der Waals surface area contributed by atoms with Crippen molar-refractivity contribution in [3.05, 3.63) is 0 Å². The molecule has 94 valence electrons. The standard InChI is InChI=1S/C11H21NO3S/c1-3-6-16(13,14)12-5-4-11-10(8-12)7-9(2)15-11/h9-11H,3-8H2,1-2H3/t9-,10-,11+/m0/s1. The van der Waals surface area contributed by atoms with Crippen LogP contribution in [0.15, 0.2) is 0 Å². The number of ether oxygens (including phenoxy) is 1. The summed E-state index contributed by atoms with van der Waals surface area (Å²) in [6.45, 7) is 5.28. The second-order valence-electron chi connectivity index (χ2n) is 4.94. The van der Waals surface area contributed by atoms with E-state index in [9.17, 15) is 8.42 Å². The number of sulfonamides is 1. The Morgan fingerprint density at radius 1 is 1.44 bits per heavy atom. The predicted octanol–water partition coefficient (Wildman–Crippen LogP) is 1.23. The molecule has 2 fully saturated rings. The van der Waals surface area contributed by atoms with Crippen molar-refractivity contribution in [1.82, 2.24) is 4.31 Å². The maximum Gasteiger partial charge on any atom is 0.214 e. The fourth-order valence-corrected chi connectivity index (χ4v) is 4.38. The molecule has 2 rings (SSSR count). The molecule has 16 heavy (non-hydrogen) atoms. The lowest BCUT2D eigenvalue weighted by molar-refractivity contribution is 0.0206. The number of rotatable bonds is 3. The first-order valence-corrected chi connectivity index (χ1v) is 7.77. The summed E-state index contributed by atoms with van der Waals surface area (Å²) in [5.74, 6) is 0.691. The lowest BCUT2D eigenvalue weighted by atomic mass is 9.94. The van der Waals surface area contributed by atoms with Crippen LogP contribution in [0.2, 0.25) is 0 Å². The van der Waals surface area contributed by atoms with Crippen LogP contribution in [0.5, 0.6) is 0 Å². The van der Waals surface area contributed by atoms with Crippen LogP contribution >= 0.6 is 0 Å². The first-order chi connectivity index (χ1) is 7.53. The average molecular weight is 247 g/mol. The van der Waals surface area contributed by atoms with E-state index in [0.717, 1.165) is 12.8 Å². The highest BCUT2D eigenvalue weighted by molar-refractivity contribution is 7.89. The van der Waals surface area contributed by atoms with Gasteiger partial charge >= 0.3 is 0 Å². The van der Waals surface area contributed by atoms with Gasteiger partial charge < -0.3 is 4.74 Å². The minimum atomic E-state index is -3.01. The van der Waals surface area contributed by atoms with Crippen LogP contribution in [0.3, 0.4) is 0 Å². The molecule has 0 bridgehead atoms. The Morgan fingerprint density at radius 2 is 2.19 bits per heavy atom. The van der Waals surface area contributed by atoms with E-state index >= 15 is 0 Å². The van der Waals surface area contributed by atoms with Crippen LogP contribution in [-0.2, 0) is 14.8 Å². The largest absolute Gasteiger partial charge is 0.375 e. The van der Waals surface area contributed by atoms with E-state index in [4.69, 9.17) is 4.74 Å². The molecule has 2 heterocycles. The Bertz CT molecular complexity index is 341. The molecule has 0 aliphatic carbocycles. The third-order valence-corrected chi connectivity index (χ3v) is 5.57. The Kier molecular flexibility index (Phi) is 3.56. The Labute approximate surface area is 98.0 Å². The second kappa shape index (κ2) is 4.63. The summed E-state index contributed by atoms with van der Waals surface area (Å²) < 4.78 is 31.3. The number of hydrogen-bond acceptors (Lipinski definition) is 3. The van der Waals surface area contributed by atoms with E-state index in [1.54, 1.807) is 4.31 Å². The minimum absolute atomic E-state index is 0.279. The molecule has 5 heteroatoms. The smallest absolute Gasteiger partial charge is 0.214 e. The van der Waals surface area contributed by atoms with Gasteiger partial charge in [0.25, 0.3) is 0 Å². The van der Waals surface area contributed by atoms with Gasteiger partial charge in [0.15, 0.2) is 0 Å². The first kappa shape index (κ1) is 12.3.